The summed E-state index contributed by atoms with van der Waals surface area (Å²) in [4.78, 5) is 24.8. The van der Waals surface area contributed by atoms with Crippen molar-refractivity contribution in [2.24, 2.45) is 0 Å². The molecule has 6 nitrogen and oxygen atoms in total. The normalized spacial score (nSPS) is 12.7. The predicted molar refractivity (Wildman–Crippen MR) is 102 cm³/mol. The van der Waals surface area contributed by atoms with Gasteiger partial charge in [0.25, 0.3) is 0 Å². The van der Waals surface area contributed by atoms with Crippen LogP contribution in [-0.2, 0) is 21.5 Å². The lowest BCUT2D eigenvalue weighted by Gasteiger charge is -2.30. The smallest absolute Gasteiger partial charge is 0.334 e. The summed E-state index contributed by atoms with van der Waals surface area (Å²) in [5.41, 5.74) is -0.564. The maximum absolute atomic E-state index is 12.8. The van der Waals surface area contributed by atoms with Crippen LogP contribution in [0.25, 0.3) is 0 Å². The first-order chi connectivity index (χ1) is 12.9. The zero-order chi connectivity index (χ0) is 20.0. The Hall–Kier alpha value is -2.73. The molecule has 1 atom stereocenters. The highest BCUT2D eigenvalue weighted by atomic mass is 35.5. The molecule has 2 rings (SSSR count). The molecule has 144 valence electrons. The quantitative estimate of drug-likeness (QED) is 0.720. The molecule has 0 heterocycles. The van der Waals surface area contributed by atoms with Gasteiger partial charge < -0.3 is 19.9 Å². The molecule has 0 aromatic heterocycles. The average molecular weight is 392 g/mol. The number of benzene rings is 2. The van der Waals surface area contributed by atoms with Gasteiger partial charge in [-0.3, -0.25) is 4.79 Å². The largest absolute Gasteiger partial charge is 0.496 e. The summed E-state index contributed by atoms with van der Waals surface area (Å²) < 4.78 is 10.6. The number of ether oxygens (including phenoxy) is 2. The summed E-state index contributed by atoms with van der Waals surface area (Å²) in [6.07, 6.45) is 0.0779. The Morgan fingerprint density at radius 2 is 1.63 bits per heavy atom. The number of halogens is 1. The monoisotopic (exact) mass is 391 g/mol. The van der Waals surface area contributed by atoms with Gasteiger partial charge in [-0.2, -0.15) is 0 Å². The van der Waals surface area contributed by atoms with Crippen LogP contribution in [0.4, 0.5) is 0 Å². The molecule has 2 aromatic carbocycles. The van der Waals surface area contributed by atoms with E-state index in [0.717, 1.165) is 0 Å². The van der Waals surface area contributed by atoms with Crippen LogP contribution in [0.15, 0.2) is 42.5 Å². The van der Waals surface area contributed by atoms with Crippen molar-refractivity contribution >= 4 is 23.5 Å². The van der Waals surface area contributed by atoms with Crippen molar-refractivity contribution < 1.29 is 24.2 Å². The van der Waals surface area contributed by atoms with Crippen molar-refractivity contribution in [3.8, 4) is 11.5 Å². The average Bonchev–Trinajstić information content (AvgIpc) is 2.66. The Morgan fingerprint density at radius 3 is 2.07 bits per heavy atom. The Labute approximate surface area is 163 Å². The van der Waals surface area contributed by atoms with Gasteiger partial charge in [-0.25, -0.2) is 4.79 Å². The summed E-state index contributed by atoms with van der Waals surface area (Å²) in [5.74, 6) is -0.619. The Bertz CT molecular complexity index is 799. The second-order valence-corrected chi connectivity index (χ2v) is 6.37. The van der Waals surface area contributed by atoms with Crippen LogP contribution in [0.2, 0.25) is 5.02 Å². The maximum Gasteiger partial charge on any atom is 0.334 e. The van der Waals surface area contributed by atoms with Crippen LogP contribution in [0.3, 0.4) is 0 Å². The zero-order valence-electron chi connectivity index (χ0n) is 15.4. The first-order valence-corrected chi connectivity index (χ1v) is 8.76. The number of nitrogens with one attached hydrogen (secondary N) is 1. The van der Waals surface area contributed by atoms with Crippen molar-refractivity contribution in [3.63, 3.8) is 0 Å². The molecule has 0 spiro atoms. The van der Waals surface area contributed by atoms with Crippen molar-refractivity contribution in [1.29, 1.82) is 0 Å². The van der Waals surface area contributed by atoms with E-state index in [2.05, 4.69) is 5.32 Å². The minimum absolute atomic E-state index is 0.0875. The fourth-order valence-electron chi connectivity index (χ4n) is 2.97. The number of carboxylic acid groups (broad SMARTS) is 1. The van der Waals surface area contributed by atoms with E-state index in [0.29, 0.717) is 27.6 Å². The number of methoxy groups -OCH3 is 2. The highest BCUT2D eigenvalue weighted by Crippen LogP contribution is 2.30. The molecule has 27 heavy (non-hydrogen) atoms. The van der Waals surface area contributed by atoms with E-state index in [4.69, 9.17) is 21.1 Å². The van der Waals surface area contributed by atoms with Gasteiger partial charge in [-0.15, -0.1) is 0 Å². The highest BCUT2D eigenvalue weighted by molar-refractivity contribution is 6.30. The van der Waals surface area contributed by atoms with Crippen LogP contribution in [0, 0.1) is 0 Å². The van der Waals surface area contributed by atoms with E-state index in [1.165, 1.54) is 14.2 Å². The van der Waals surface area contributed by atoms with E-state index in [-0.39, 0.29) is 12.8 Å². The van der Waals surface area contributed by atoms with Gasteiger partial charge >= 0.3 is 5.97 Å². The zero-order valence-corrected chi connectivity index (χ0v) is 16.2. The maximum atomic E-state index is 12.8. The Morgan fingerprint density at radius 1 is 1.07 bits per heavy atom. The number of carboxylic acids is 1. The molecule has 7 heteroatoms. The molecule has 2 aromatic rings. The van der Waals surface area contributed by atoms with Crippen molar-refractivity contribution in [2.45, 2.75) is 25.3 Å². The second-order valence-electron chi connectivity index (χ2n) is 5.94. The van der Waals surface area contributed by atoms with Crippen LogP contribution >= 0.6 is 11.6 Å². The molecule has 1 unspecified atom stereocenters. The summed E-state index contributed by atoms with van der Waals surface area (Å²) >= 11 is 5.90. The molecular weight excluding hydrogens is 370 g/mol. The van der Waals surface area contributed by atoms with Gasteiger partial charge in [0.15, 0.2) is 5.54 Å². The fourth-order valence-corrected chi connectivity index (χ4v) is 3.10. The van der Waals surface area contributed by atoms with Crippen LogP contribution in [0.1, 0.15) is 24.5 Å². The number of hydrogen-bond donors (Lipinski definition) is 2. The number of rotatable bonds is 8. The van der Waals surface area contributed by atoms with Crippen LogP contribution in [-0.4, -0.2) is 31.2 Å². The van der Waals surface area contributed by atoms with E-state index in [9.17, 15) is 14.7 Å². The molecule has 0 saturated heterocycles. The van der Waals surface area contributed by atoms with Gasteiger partial charge in [0.2, 0.25) is 5.91 Å². The first kappa shape index (κ1) is 20.6. The molecule has 0 aliphatic carbocycles. The molecule has 0 saturated carbocycles. The lowest BCUT2D eigenvalue weighted by molar-refractivity contribution is -0.148. The molecule has 1 amide bonds. The van der Waals surface area contributed by atoms with E-state index < -0.39 is 17.4 Å². The number of amides is 1. The number of carbonyl (C=O) groups is 2. The molecule has 0 radical (unpaired) electrons. The molecule has 0 fully saturated rings. The van der Waals surface area contributed by atoms with E-state index >= 15 is 0 Å². The Kier molecular flexibility index (Phi) is 6.69. The lowest BCUT2D eigenvalue weighted by atomic mass is 9.87. The van der Waals surface area contributed by atoms with Gasteiger partial charge in [0.1, 0.15) is 11.5 Å². The predicted octanol–water partition coefficient (Wildman–Crippen LogP) is 3.41. The SMILES string of the molecule is CCC(NC(=O)Cc1c(OC)cccc1OC)(C(=O)O)c1ccc(Cl)cc1. The second kappa shape index (κ2) is 8.77. The number of carbonyl (C=O) groups excluding carboxylic acids is 1. The first-order valence-electron chi connectivity index (χ1n) is 8.38. The third kappa shape index (κ3) is 4.34. The van der Waals surface area contributed by atoms with E-state index in [1.807, 2.05) is 0 Å². The van der Waals surface area contributed by atoms with Crippen molar-refractivity contribution in [3.05, 3.63) is 58.6 Å². The van der Waals surface area contributed by atoms with Crippen molar-refractivity contribution in [2.75, 3.05) is 14.2 Å². The Balaban J connectivity index is 2.35. The third-order valence-electron chi connectivity index (χ3n) is 4.45. The molecule has 0 aliphatic rings. The molecular formula is C20H22ClNO5. The standard InChI is InChI=1S/C20H22ClNO5/c1-4-20(19(24)25,13-8-10-14(21)11-9-13)22-18(23)12-15-16(26-2)6-5-7-17(15)27-3/h5-11H,4,12H2,1-3H3,(H,22,23)(H,24,25). The van der Waals surface area contributed by atoms with Gasteiger partial charge in [-0.05, 0) is 36.2 Å². The summed E-state index contributed by atoms with van der Waals surface area (Å²) in [5, 5.41) is 13.0. The van der Waals surface area contributed by atoms with Crippen LogP contribution in [0.5, 0.6) is 11.5 Å². The fraction of sp³-hybridized carbons (Fsp3) is 0.300. The molecule has 0 aliphatic heterocycles. The van der Waals surface area contributed by atoms with Gasteiger partial charge in [-0.1, -0.05) is 36.7 Å². The summed E-state index contributed by atoms with van der Waals surface area (Å²) in [6, 6.07) is 11.6. The van der Waals surface area contributed by atoms with Gasteiger partial charge in [0.05, 0.1) is 20.6 Å². The summed E-state index contributed by atoms with van der Waals surface area (Å²) in [7, 11) is 2.99. The van der Waals surface area contributed by atoms with E-state index in [1.54, 1.807) is 49.4 Å². The van der Waals surface area contributed by atoms with Crippen LogP contribution < -0.4 is 14.8 Å². The topological polar surface area (TPSA) is 84.9 Å². The third-order valence-corrected chi connectivity index (χ3v) is 4.70. The van der Waals surface area contributed by atoms with Crippen molar-refractivity contribution in [1.82, 2.24) is 5.32 Å². The minimum Gasteiger partial charge on any atom is -0.496 e. The molecule has 2 N–H and O–H groups in total. The molecule has 0 bridgehead atoms. The summed E-state index contributed by atoms with van der Waals surface area (Å²) in [6.45, 7) is 1.70. The number of hydrogen-bond acceptors (Lipinski definition) is 4. The van der Waals surface area contributed by atoms with Gasteiger partial charge in [0, 0.05) is 10.6 Å². The number of aliphatic carboxylic acids is 1. The lowest BCUT2D eigenvalue weighted by Crippen LogP contribution is -2.52. The minimum atomic E-state index is -1.56. The highest BCUT2D eigenvalue weighted by Gasteiger charge is 2.40.